The summed E-state index contributed by atoms with van der Waals surface area (Å²) < 4.78 is 10.7. The quantitative estimate of drug-likeness (QED) is 0.779. The van der Waals surface area contributed by atoms with E-state index in [9.17, 15) is 5.11 Å². The van der Waals surface area contributed by atoms with Crippen LogP contribution in [0.1, 0.15) is 12.8 Å². The van der Waals surface area contributed by atoms with Gasteiger partial charge >= 0.3 is 0 Å². The first-order chi connectivity index (χ1) is 8.18. The van der Waals surface area contributed by atoms with Gasteiger partial charge in [0.1, 0.15) is 18.1 Å². The molecule has 1 aliphatic rings. The maximum absolute atomic E-state index is 9.33. The smallest absolute Gasteiger partial charge is 0.119 e. The molecule has 1 aliphatic carbocycles. The Hall–Kier alpha value is -1.26. The van der Waals surface area contributed by atoms with Crippen molar-refractivity contribution in [2.24, 2.45) is 11.7 Å². The van der Waals surface area contributed by atoms with Gasteiger partial charge in [-0.05, 0) is 43.0 Å². The second kappa shape index (κ2) is 4.94. The average Bonchev–Trinajstić information content (AvgIpc) is 3.21. The first-order valence-corrected chi connectivity index (χ1v) is 5.84. The van der Waals surface area contributed by atoms with Crippen LogP contribution in [0, 0.1) is 5.92 Å². The van der Waals surface area contributed by atoms with Crippen molar-refractivity contribution in [2.75, 3.05) is 20.3 Å². The number of hydrogen-bond donors (Lipinski definition) is 2. The summed E-state index contributed by atoms with van der Waals surface area (Å²) in [4.78, 5) is 0. The minimum atomic E-state index is -0.597. The number of aliphatic hydroxyl groups excluding tert-OH is 1. The second-order valence-corrected chi connectivity index (χ2v) is 4.63. The van der Waals surface area contributed by atoms with Crippen LogP contribution in [0.25, 0.3) is 0 Å². The Morgan fingerprint density at radius 2 is 1.88 bits per heavy atom. The minimum absolute atomic E-state index is 0.0339. The van der Waals surface area contributed by atoms with Crippen molar-refractivity contribution in [3.8, 4) is 11.5 Å². The van der Waals surface area contributed by atoms with Crippen LogP contribution in [0.15, 0.2) is 24.3 Å². The summed E-state index contributed by atoms with van der Waals surface area (Å²) in [5, 5.41) is 9.33. The van der Waals surface area contributed by atoms with Crippen LogP contribution in [0.2, 0.25) is 0 Å². The van der Waals surface area contributed by atoms with Gasteiger partial charge in [-0.3, -0.25) is 0 Å². The molecule has 4 heteroatoms. The van der Waals surface area contributed by atoms with Crippen molar-refractivity contribution >= 4 is 0 Å². The normalized spacial score (nSPS) is 18.5. The molecule has 0 bridgehead atoms. The maximum atomic E-state index is 9.33. The number of aliphatic hydroxyl groups is 1. The number of hydrogen-bond acceptors (Lipinski definition) is 4. The predicted octanol–water partition coefficient (Wildman–Crippen LogP) is 1.17. The Balaban J connectivity index is 1.91. The molecule has 1 unspecified atom stereocenters. The lowest BCUT2D eigenvalue weighted by Gasteiger charge is -2.27. The highest BCUT2D eigenvalue weighted by Crippen LogP contribution is 2.38. The summed E-state index contributed by atoms with van der Waals surface area (Å²) in [7, 11) is 1.62. The molecule has 0 radical (unpaired) electrons. The zero-order valence-electron chi connectivity index (χ0n) is 10.1. The summed E-state index contributed by atoms with van der Waals surface area (Å²) in [5.41, 5.74) is 5.51. The molecular weight excluding hydrogens is 218 g/mol. The lowest BCUT2D eigenvalue weighted by atomic mass is 9.97. The van der Waals surface area contributed by atoms with E-state index in [4.69, 9.17) is 15.2 Å². The molecule has 94 valence electrons. The van der Waals surface area contributed by atoms with Gasteiger partial charge in [0.2, 0.25) is 0 Å². The molecule has 0 aliphatic heterocycles. The van der Waals surface area contributed by atoms with Gasteiger partial charge in [-0.1, -0.05) is 0 Å². The third kappa shape index (κ3) is 2.90. The van der Waals surface area contributed by atoms with Crippen molar-refractivity contribution in [1.29, 1.82) is 0 Å². The van der Waals surface area contributed by atoms with Gasteiger partial charge in [-0.25, -0.2) is 0 Å². The van der Waals surface area contributed by atoms with Crippen molar-refractivity contribution in [2.45, 2.75) is 18.4 Å². The van der Waals surface area contributed by atoms with E-state index in [1.54, 1.807) is 7.11 Å². The Morgan fingerprint density at radius 1 is 1.29 bits per heavy atom. The predicted molar refractivity (Wildman–Crippen MR) is 65.2 cm³/mol. The molecule has 0 saturated heterocycles. The van der Waals surface area contributed by atoms with E-state index in [0.29, 0.717) is 12.5 Å². The fourth-order valence-corrected chi connectivity index (χ4v) is 1.84. The third-order valence-corrected chi connectivity index (χ3v) is 3.25. The summed E-state index contributed by atoms with van der Waals surface area (Å²) in [5.74, 6) is 1.93. The van der Waals surface area contributed by atoms with Gasteiger partial charge in [0.25, 0.3) is 0 Å². The summed E-state index contributed by atoms with van der Waals surface area (Å²) in [6, 6.07) is 7.35. The molecule has 17 heavy (non-hydrogen) atoms. The molecule has 0 spiro atoms. The lowest BCUT2D eigenvalue weighted by molar-refractivity contribution is 0.117. The first kappa shape index (κ1) is 12.2. The van der Waals surface area contributed by atoms with Gasteiger partial charge in [0.15, 0.2) is 0 Å². The van der Waals surface area contributed by atoms with Crippen molar-refractivity contribution in [3.63, 3.8) is 0 Å². The topological polar surface area (TPSA) is 64.7 Å². The molecule has 0 aromatic heterocycles. The summed E-state index contributed by atoms with van der Waals surface area (Å²) >= 11 is 0. The number of benzene rings is 1. The fraction of sp³-hybridized carbons (Fsp3) is 0.538. The van der Waals surface area contributed by atoms with Crippen LogP contribution >= 0.6 is 0 Å². The first-order valence-electron chi connectivity index (χ1n) is 5.84. The van der Waals surface area contributed by atoms with Crippen LogP contribution in [0.3, 0.4) is 0 Å². The minimum Gasteiger partial charge on any atom is -0.497 e. The highest BCUT2D eigenvalue weighted by atomic mass is 16.5. The Kier molecular flexibility index (Phi) is 3.54. The maximum Gasteiger partial charge on any atom is 0.119 e. The van der Waals surface area contributed by atoms with E-state index in [2.05, 4.69) is 0 Å². The van der Waals surface area contributed by atoms with E-state index >= 15 is 0 Å². The number of methoxy groups -OCH3 is 1. The van der Waals surface area contributed by atoms with E-state index in [1.807, 2.05) is 24.3 Å². The van der Waals surface area contributed by atoms with Crippen LogP contribution < -0.4 is 15.2 Å². The monoisotopic (exact) mass is 237 g/mol. The van der Waals surface area contributed by atoms with E-state index in [1.165, 1.54) is 0 Å². The van der Waals surface area contributed by atoms with E-state index in [-0.39, 0.29) is 6.61 Å². The molecule has 0 heterocycles. The number of rotatable bonds is 6. The molecule has 0 amide bonds. The standard InChI is InChI=1S/C13H19NO3/c1-16-11-4-6-12(7-5-11)17-9-13(14,8-15)10-2-3-10/h4-7,10,15H,2-3,8-9,14H2,1H3. The molecule has 4 nitrogen and oxygen atoms in total. The summed E-state index contributed by atoms with van der Waals surface area (Å²) in [6.07, 6.45) is 2.17. The highest BCUT2D eigenvalue weighted by molar-refractivity contribution is 5.31. The van der Waals surface area contributed by atoms with Crippen molar-refractivity contribution in [1.82, 2.24) is 0 Å². The summed E-state index contributed by atoms with van der Waals surface area (Å²) in [6.45, 7) is 0.314. The van der Waals surface area contributed by atoms with Crippen LogP contribution in [0.5, 0.6) is 11.5 Å². The molecular formula is C13H19NO3. The van der Waals surface area contributed by atoms with Gasteiger partial charge in [0.05, 0.1) is 19.3 Å². The van der Waals surface area contributed by atoms with Crippen molar-refractivity contribution in [3.05, 3.63) is 24.3 Å². The van der Waals surface area contributed by atoms with Crippen LogP contribution in [-0.2, 0) is 0 Å². The molecule has 1 fully saturated rings. The molecule has 1 saturated carbocycles. The number of nitrogens with two attached hydrogens (primary N) is 1. The molecule has 1 aromatic rings. The Labute approximate surface area is 101 Å². The lowest BCUT2D eigenvalue weighted by Crippen LogP contribution is -2.51. The second-order valence-electron chi connectivity index (χ2n) is 4.63. The fourth-order valence-electron chi connectivity index (χ4n) is 1.84. The van der Waals surface area contributed by atoms with Crippen molar-refractivity contribution < 1.29 is 14.6 Å². The Morgan fingerprint density at radius 3 is 2.35 bits per heavy atom. The van der Waals surface area contributed by atoms with E-state index < -0.39 is 5.54 Å². The van der Waals surface area contributed by atoms with E-state index in [0.717, 1.165) is 24.3 Å². The van der Waals surface area contributed by atoms with Gasteiger partial charge in [-0.2, -0.15) is 0 Å². The molecule has 1 atom stereocenters. The van der Waals surface area contributed by atoms with Gasteiger partial charge < -0.3 is 20.3 Å². The largest absolute Gasteiger partial charge is 0.497 e. The zero-order chi connectivity index (χ0) is 12.3. The molecule has 1 aromatic carbocycles. The van der Waals surface area contributed by atoms with Crippen LogP contribution in [-0.4, -0.2) is 31.0 Å². The Bertz CT molecular complexity index is 361. The van der Waals surface area contributed by atoms with Gasteiger partial charge in [0, 0.05) is 0 Å². The average molecular weight is 237 g/mol. The molecule has 3 N–H and O–H groups in total. The zero-order valence-corrected chi connectivity index (χ0v) is 10.1. The number of ether oxygens (including phenoxy) is 2. The highest BCUT2D eigenvalue weighted by Gasteiger charge is 2.42. The van der Waals surface area contributed by atoms with Crippen LogP contribution in [0.4, 0.5) is 0 Å². The molecule has 2 rings (SSSR count). The van der Waals surface area contributed by atoms with Gasteiger partial charge in [-0.15, -0.1) is 0 Å². The third-order valence-electron chi connectivity index (χ3n) is 3.25. The SMILES string of the molecule is COc1ccc(OCC(N)(CO)C2CC2)cc1.